The number of benzene rings is 1. The van der Waals surface area contributed by atoms with E-state index < -0.39 is 29.6 Å². The van der Waals surface area contributed by atoms with Gasteiger partial charge in [0.15, 0.2) is 0 Å². The number of hydrogen-bond acceptors (Lipinski definition) is 6. The zero-order chi connectivity index (χ0) is 16.7. The molecule has 2 heterocycles. The summed E-state index contributed by atoms with van der Waals surface area (Å²) in [5.74, 6) is -4.21. The molecule has 3 rings (SSSR count). The number of carboxylic acid groups (broad SMARTS) is 1. The molecule has 0 spiro atoms. The second-order valence-electron chi connectivity index (χ2n) is 4.72. The summed E-state index contributed by atoms with van der Waals surface area (Å²) >= 11 is 0. The van der Waals surface area contributed by atoms with Crippen molar-refractivity contribution < 1.29 is 58.6 Å². The van der Waals surface area contributed by atoms with E-state index in [1.807, 2.05) is 0 Å². The molecule has 8 nitrogen and oxygen atoms in total. The predicted octanol–water partition coefficient (Wildman–Crippen LogP) is -4.09. The Labute approximate surface area is 157 Å². The Bertz CT molecular complexity index is 761. The van der Waals surface area contributed by atoms with Gasteiger partial charge >= 0.3 is 29.6 Å². The first-order chi connectivity index (χ1) is 10.9. The molecule has 0 radical (unpaired) electrons. The molecule has 0 aromatic heterocycles. The van der Waals surface area contributed by atoms with Crippen molar-refractivity contribution in [2.24, 2.45) is 0 Å². The Balaban J connectivity index is 0.00000208. The van der Waals surface area contributed by atoms with Crippen molar-refractivity contribution in [3.8, 4) is 0 Å². The maximum atomic E-state index is 11.7. The molecule has 0 bridgehead atoms. The van der Waals surface area contributed by atoms with E-state index >= 15 is 0 Å². The number of amides is 4. The Kier molecular flexibility index (Phi) is 4.83. The van der Waals surface area contributed by atoms with Crippen LogP contribution in [0.15, 0.2) is 42.5 Å². The van der Waals surface area contributed by atoms with E-state index in [0.29, 0.717) is 0 Å². The van der Waals surface area contributed by atoms with Crippen LogP contribution >= 0.6 is 0 Å². The minimum Gasteiger partial charge on any atom is -0.545 e. The SMILES string of the molecule is O=C([O-])c1cc(N2C(=O)C=CC2=O)cc(N2C(=O)C=CC2=O)c1.[Na+]. The summed E-state index contributed by atoms with van der Waals surface area (Å²) in [6, 6.07) is 3.32. The van der Waals surface area contributed by atoms with E-state index in [4.69, 9.17) is 0 Å². The van der Waals surface area contributed by atoms with Crippen molar-refractivity contribution >= 4 is 41.0 Å². The maximum Gasteiger partial charge on any atom is 1.00 e. The van der Waals surface area contributed by atoms with Gasteiger partial charge in [0, 0.05) is 29.9 Å². The first-order valence-corrected chi connectivity index (χ1v) is 6.37. The standard InChI is InChI=1S/C15H8N2O6.Na/c18-11-1-2-12(19)16(11)9-5-8(15(22)23)6-10(7-9)17-13(20)3-4-14(17)21;/h1-7H,(H,22,23);/q;+1/p-1. The second kappa shape index (κ2) is 6.52. The zero-order valence-electron chi connectivity index (χ0n) is 12.4. The van der Waals surface area contributed by atoms with Gasteiger partial charge in [-0.2, -0.15) is 0 Å². The van der Waals surface area contributed by atoms with Crippen LogP contribution in [0, 0.1) is 0 Å². The van der Waals surface area contributed by atoms with Crippen LogP contribution in [0.5, 0.6) is 0 Å². The summed E-state index contributed by atoms with van der Waals surface area (Å²) in [7, 11) is 0. The monoisotopic (exact) mass is 334 g/mol. The molecule has 2 aliphatic rings. The largest absolute Gasteiger partial charge is 1.00 e. The number of carbonyl (C=O) groups excluding carboxylic acids is 5. The molecular weight excluding hydrogens is 327 g/mol. The van der Waals surface area contributed by atoms with Gasteiger partial charge in [-0.1, -0.05) is 0 Å². The van der Waals surface area contributed by atoms with Crippen molar-refractivity contribution in [3.05, 3.63) is 48.1 Å². The molecule has 0 saturated heterocycles. The van der Waals surface area contributed by atoms with Crippen LogP contribution in [0.3, 0.4) is 0 Å². The summed E-state index contributed by atoms with van der Waals surface area (Å²) in [4.78, 5) is 59.5. The molecule has 24 heavy (non-hydrogen) atoms. The fourth-order valence-electron chi connectivity index (χ4n) is 2.28. The van der Waals surface area contributed by atoms with Crippen molar-refractivity contribution in [1.29, 1.82) is 0 Å². The van der Waals surface area contributed by atoms with Gasteiger partial charge in [-0.25, -0.2) is 9.80 Å². The van der Waals surface area contributed by atoms with Crippen molar-refractivity contribution in [1.82, 2.24) is 0 Å². The third-order valence-electron chi connectivity index (χ3n) is 3.27. The topological polar surface area (TPSA) is 115 Å². The summed E-state index contributed by atoms with van der Waals surface area (Å²) in [5, 5.41) is 11.1. The van der Waals surface area contributed by atoms with E-state index in [1.54, 1.807) is 0 Å². The number of carboxylic acids is 1. The molecule has 0 aliphatic carbocycles. The fraction of sp³-hybridized carbons (Fsp3) is 0. The Morgan fingerprint density at radius 1 is 0.708 bits per heavy atom. The minimum atomic E-state index is -1.58. The van der Waals surface area contributed by atoms with E-state index in [9.17, 15) is 29.1 Å². The van der Waals surface area contributed by atoms with Crippen LogP contribution in [0.1, 0.15) is 10.4 Å². The van der Waals surface area contributed by atoms with Gasteiger partial charge in [0.2, 0.25) is 0 Å². The quantitative estimate of drug-likeness (QED) is 0.410. The van der Waals surface area contributed by atoms with Crippen LogP contribution in [-0.2, 0) is 19.2 Å². The summed E-state index contributed by atoms with van der Waals surface area (Å²) in [5.41, 5.74) is -0.527. The van der Waals surface area contributed by atoms with E-state index in [1.165, 1.54) is 6.07 Å². The zero-order valence-corrected chi connectivity index (χ0v) is 14.4. The summed E-state index contributed by atoms with van der Waals surface area (Å²) in [6.07, 6.45) is 4.12. The van der Waals surface area contributed by atoms with E-state index in [-0.39, 0.29) is 46.5 Å². The molecular formula is C15H7N2NaO6. The van der Waals surface area contributed by atoms with Crippen LogP contribution < -0.4 is 44.5 Å². The molecule has 2 aliphatic heterocycles. The molecule has 1 aromatic rings. The normalized spacial score (nSPS) is 16.2. The summed E-state index contributed by atoms with van der Waals surface area (Å²) < 4.78 is 0. The van der Waals surface area contributed by atoms with Gasteiger partial charge in [0.1, 0.15) is 0 Å². The maximum absolute atomic E-state index is 11.7. The summed E-state index contributed by atoms with van der Waals surface area (Å²) in [6.45, 7) is 0. The molecule has 0 N–H and O–H groups in total. The van der Waals surface area contributed by atoms with Gasteiger partial charge in [-0.05, 0) is 18.2 Å². The molecule has 1 aromatic carbocycles. The van der Waals surface area contributed by atoms with Crippen LogP contribution in [-0.4, -0.2) is 29.6 Å². The van der Waals surface area contributed by atoms with Gasteiger partial charge in [-0.15, -0.1) is 0 Å². The van der Waals surface area contributed by atoms with Crippen molar-refractivity contribution in [2.75, 3.05) is 9.80 Å². The number of hydrogen-bond donors (Lipinski definition) is 0. The van der Waals surface area contributed by atoms with E-state index in [2.05, 4.69) is 0 Å². The van der Waals surface area contributed by atoms with Crippen molar-refractivity contribution in [2.45, 2.75) is 0 Å². The molecule has 9 heteroatoms. The van der Waals surface area contributed by atoms with Crippen LogP contribution in [0.2, 0.25) is 0 Å². The number of carbonyl (C=O) groups is 5. The number of imide groups is 2. The molecule has 0 unspecified atom stereocenters. The number of rotatable bonds is 3. The average Bonchev–Trinajstić information content (AvgIpc) is 3.01. The Morgan fingerprint density at radius 2 is 1.04 bits per heavy atom. The second-order valence-corrected chi connectivity index (χ2v) is 4.72. The number of aromatic carboxylic acids is 1. The van der Waals surface area contributed by atoms with E-state index in [0.717, 1.165) is 46.2 Å². The number of anilines is 2. The van der Waals surface area contributed by atoms with Gasteiger partial charge in [0.25, 0.3) is 23.6 Å². The van der Waals surface area contributed by atoms with Gasteiger partial charge in [-0.3, -0.25) is 19.2 Å². The molecule has 4 amide bonds. The van der Waals surface area contributed by atoms with Gasteiger partial charge < -0.3 is 9.90 Å². The Morgan fingerprint density at radius 3 is 1.33 bits per heavy atom. The first-order valence-electron chi connectivity index (χ1n) is 6.37. The first kappa shape index (κ1) is 17.8. The molecule has 0 saturated carbocycles. The number of nitrogens with zero attached hydrogens (tertiary/aromatic N) is 2. The van der Waals surface area contributed by atoms with Gasteiger partial charge in [0.05, 0.1) is 17.3 Å². The molecule has 0 atom stereocenters. The third-order valence-corrected chi connectivity index (χ3v) is 3.27. The van der Waals surface area contributed by atoms with Crippen LogP contribution in [0.4, 0.5) is 11.4 Å². The van der Waals surface area contributed by atoms with Crippen molar-refractivity contribution in [3.63, 3.8) is 0 Å². The average molecular weight is 334 g/mol. The minimum absolute atomic E-state index is 0. The molecule has 0 fully saturated rings. The predicted molar refractivity (Wildman–Crippen MR) is 74.0 cm³/mol. The fourth-order valence-corrected chi connectivity index (χ4v) is 2.28. The third kappa shape index (κ3) is 2.94. The van der Waals surface area contributed by atoms with Crippen LogP contribution in [0.25, 0.3) is 0 Å². The Hall–Kier alpha value is -2.55. The molecule has 114 valence electrons. The smallest absolute Gasteiger partial charge is 0.545 e.